The lowest BCUT2D eigenvalue weighted by Gasteiger charge is -2.47. The summed E-state index contributed by atoms with van der Waals surface area (Å²) < 4.78 is 38.3. The first-order valence-corrected chi connectivity index (χ1v) is 32.4. The van der Waals surface area contributed by atoms with E-state index < -0.39 is 237 Å². The van der Waals surface area contributed by atoms with Crippen molar-refractivity contribution in [1.82, 2.24) is 37.2 Å². The topological polar surface area (TPSA) is 530 Å². The second kappa shape index (κ2) is 30.2. The van der Waals surface area contributed by atoms with Gasteiger partial charge in [-0.25, -0.2) is 4.79 Å². The van der Waals surface area contributed by atoms with Gasteiger partial charge in [0.2, 0.25) is 53.4 Å². The number of primary amides is 1. The Labute approximate surface area is 584 Å². The van der Waals surface area contributed by atoms with E-state index in [4.69, 9.17) is 63.1 Å². The number of carbonyl (C=O) groups excluding carboxylic acids is 7. The van der Waals surface area contributed by atoms with Gasteiger partial charge in [-0.1, -0.05) is 55.2 Å². The lowest BCUT2D eigenvalue weighted by Crippen LogP contribution is -2.64. The van der Waals surface area contributed by atoms with Crippen molar-refractivity contribution in [3.63, 3.8) is 0 Å². The van der Waals surface area contributed by atoms with E-state index in [1.54, 1.807) is 0 Å². The third-order valence-electron chi connectivity index (χ3n) is 17.8. The fourth-order valence-electron chi connectivity index (χ4n) is 12.5. The monoisotopic (exact) mass is 1450 g/mol. The summed E-state index contributed by atoms with van der Waals surface area (Å²) in [5.41, 5.74) is 8.00. The van der Waals surface area contributed by atoms with Crippen LogP contribution in [0, 0.1) is 5.92 Å². The average molecular weight is 1450 g/mol. The molecule has 21 N–H and O–H groups in total. The zero-order valence-corrected chi connectivity index (χ0v) is 55.8. The van der Waals surface area contributed by atoms with E-state index >= 15 is 14.4 Å². The first-order valence-electron chi connectivity index (χ1n) is 31.6. The number of hydrogen-bond donors (Lipinski definition) is 19. The molecular formula is C66H75Cl2N9O24. The van der Waals surface area contributed by atoms with Crippen LogP contribution >= 0.6 is 23.2 Å². The van der Waals surface area contributed by atoms with Gasteiger partial charge < -0.3 is 128 Å². The molecule has 7 heterocycles. The SMILES string of the molecule is CN[C@H](CC(C)C)C(=O)N[C@H]1C(=O)N[C@@H](CC(N)=O)C(=O)NC2C(=O)NC3C(=O)NC(C(=O)N[C@H](C(=O)O)c4cc(O)cc(O)c4-c4cc3ccc4O)[C@H](O)c3ccc(c(Cl)c3)Oc3cc2cc(c3O[C@@H]2O[C@H](CO)[C@@H](O)[C@H](O)[C@H]2O[C@H]2C[C@](C)(N)[C@H](O)[C@H](C)O2)Oc2ccc(cc2Cl)[C@H]1O. The Hall–Kier alpha value is -9.20. The highest BCUT2D eigenvalue weighted by Gasteiger charge is 2.51. The Bertz CT molecular complexity index is 4070. The smallest absolute Gasteiger partial charge is 0.330 e. The molecule has 0 radical (unpaired) electrons. The molecule has 11 bridgehead atoms. The summed E-state index contributed by atoms with van der Waals surface area (Å²) in [5.74, 6) is -16.0. The number of rotatable bonds is 13. The quantitative estimate of drug-likeness (QED) is 0.0743. The molecule has 2 saturated heterocycles. The Kier molecular flexibility index (Phi) is 22.2. The summed E-state index contributed by atoms with van der Waals surface area (Å²) in [7, 11) is 1.47. The number of nitrogens with two attached hydrogens (primary N) is 2. The number of phenols is 3. The van der Waals surface area contributed by atoms with Crippen LogP contribution in [-0.2, 0) is 52.6 Å². The van der Waals surface area contributed by atoms with E-state index in [0.717, 1.165) is 66.7 Å². The number of ether oxygens (including phenoxy) is 6. The van der Waals surface area contributed by atoms with Crippen molar-refractivity contribution in [1.29, 1.82) is 0 Å². The molecule has 3 unspecified atom stereocenters. The van der Waals surface area contributed by atoms with Gasteiger partial charge in [0.1, 0.15) is 89.5 Å². The second-order valence-electron chi connectivity index (χ2n) is 25.7. The van der Waals surface area contributed by atoms with Gasteiger partial charge in [-0.05, 0) is 110 Å². The highest BCUT2D eigenvalue weighted by molar-refractivity contribution is 6.32. The van der Waals surface area contributed by atoms with Crippen molar-refractivity contribution in [2.24, 2.45) is 17.4 Å². The van der Waals surface area contributed by atoms with Gasteiger partial charge in [0.15, 0.2) is 29.9 Å². The van der Waals surface area contributed by atoms with Gasteiger partial charge in [0.25, 0.3) is 0 Å². The number of aliphatic hydroxyl groups excluding tert-OH is 6. The van der Waals surface area contributed by atoms with E-state index in [1.165, 1.54) is 33.0 Å². The van der Waals surface area contributed by atoms with Gasteiger partial charge in [-0.2, -0.15) is 0 Å². The van der Waals surface area contributed by atoms with Crippen molar-refractivity contribution in [3.8, 4) is 57.1 Å². The minimum Gasteiger partial charge on any atom is -0.508 e. The lowest BCUT2D eigenvalue weighted by atomic mass is 9.86. The van der Waals surface area contributed by atoms with Gasteiger partial charge in [0, 0.05) is 34.7 Å². The molecule has 101 heavy (non-hydrogen) atoms. The van der Waals surface area contributed by atoms with Crippen LogP contribution in [0.4, 0.5) is 0 Å². The maximum atomic E-state index is 16.0. The van der Waals surface area contributed by atoms with Crippen LogP contribution in [0.5, 0.6) is 46.0 Å². The predicted molar refractivity (Wildman–Crippen MR) is 349 cm³/mol. The van der Waals surface area contributed by atoms with Gasteiger partial charge in [-0.3, -0.25) is 33.6 Å². The number of aromatic hydroxyl groups is 3. The third-order valence-corrected chi connectivity index (χ3v) is 18.4. The molecule has 5 aromatic rings. The Morgan fingerprint density at radius 1 is 0.713 bits per heavy atom. The molecule has 2 fully saturated rings. The van der Waals surface area contributed by atoms with Crippen molar-refractivity contribution in [3.05, 3.63) is 117 Å². The van der Waals surface area contributed by atoms with Crippen LogP contribution < -0.4 is 62.9 Å². The molecule has 542 valence electrons. The highest BCUT2D eigenvalue weighted by Crippen LogP contribution is 2.50. The summed E-state index contributed by atoms with van der Waals surface area (Å²) in [6, 6.07) is -0.679. The Balaban J connectivity index is 1.24. The number of phenolic OH excluding ortho intramolecular Hbond substituents is 3. The Morgan fingerprint density at radius 2 is 1.32 bits per heavy atom. The summed E-state index contributed by atoms with van der Waals surface area (Å²) in [4.78, 5) is 117. The number of aliphatic carboxylic acids is 1. The lowest BCUT2D eigenvalue weighted by molar-refractivity contribution is -0.333. The highest BCUT2D eigenvalue weighted by atomic mass is 35.5. The number of halogens is 2. The normalized spacial score (nSPS) is 29.4. The number of hydrogen-bond acceptors (Lipinski definition) is 25. The van der Waals surface area contributed by atoms with E-state index in [1.807, 2.05) is 13.8 Å². The van der Waals surface area contributed by atoms with E-state index in [9.17, 15) is 75.0 Å². The van der Waals surface area contributed by atoms with E-state index in [-0.39, 0.29) is 46.2 Å². The predicted octanol–water partition coefficient (Wildman–Crippen LogP) is 0.106. The van der Waals surface area contributed by atoms with Crippen LogP contribution in [0.2, 0.25) is 10.0 Å². The molecule has 0 saturated carbocycles. The van der Waals surface area contributed by atoms with E-state index in [0.29, 0.717) is 0 Å². The first-order chi connectivity index (χ1) is 47.7. The zero-order chi connectivity index (χ0) is 73.5. The van der Waals surface area contributed by atoms with Crippen molar-refractivity contribution < 1.29 is 118 Å². The minimum absolute atomic E-state index is 0.0975. The van der Waals surface area contributed by atoms with Crippen molar-refractivity contribution in [2.75, 3.05) is 13.7 Å². The number of fused-ring (bicyclic) bond motifs is 15. The number of carbonyl (C=O) groups is 8. The molecule has 5 aromatic carbocycles. The minimum atomic E-state index is -2.35. The summed E-state index contributed by atoms with van der Waals surface area (Å²) in [5, 5.41) is 131. The maximum Gasteiger partial charge on any atom is 0.330 e. The number of carboxylic acid groups (broad SMARTS) is 1. The first kappa shape index (κ1) is 74.5. The van der Waals surface area contributed by atoms with Crippen LogP contribution in [0.25, 0.3) is 11.1 Å². The zero-order valence-electron chi connectivity index (χ0n) is 54.3. The van der Waals surface area contributed by atoms with Gasteiger partial charge >= 0.3 is 5.97 Å². The Morgan fingerprint density at radius 3 is 1.90 bits per heavy atom. The van der Waals surface area contributed by atoms with Gasteiger partial charge in [-0.15, -0.1) is 0 Å². The number of amides is 7. The molecule has 33 nitrogen and oxygen atoms in total. The van der Waals surface area contributed by atoms with E-state index in [2.05, 4.69) is 37.2 Å². The molecular weight excluding hydrogens is 1370 g/mol. The summed E-state index contributed by atoms with van der Waals surface area (Å²) in [6.07, 6.45) is -18.6. The second-order valence-corrected chi connectivity index (χ2v) is 26.5. The largest absolute Gasteiger partial charge is 0.508 e. The number of nitrogens with one attached hydrogen (secondary N) is 7. The molecule has 35 heteroatoms. The fraction of sp³-hybridized carbons (Fsp3) is 0.424. The summed E-state index contributed by atoms with van der Waals surface area (Å²) in [6.45, 7) is 5.66. The molecule has 7 aliphatic heterocycles. The average Bonchev–Trinajstić information content (AvgIpc) is 0.775. The number of benzene rings is 5. The number of carboxylic acids is 1. The molecule has 12 rings (SSSR count). The maximum absolute atomic E-state index is 16.0. The number of aliphatic hydroxyl groups is 6. The van der Waals surface area contributed by atoms with Crippen LogP contribution in [0.15, 0.2) is 78.9 Å². The molecule has 0 aliphatic carbocycles. The molecule has 0 spiro atoms. The third kappa shape index (κ3) is 15.8. The van der Waals surface area contributed by atoms with Crippen molar-refractivity contribution >= 4 is 70.5 Å². The summed E-state index contributed by atoms with van der Waals surface area (Å²) >= 11 is 14.1. The molecule has 7 aliphatic rings. The number of likely N-dealkylation sites (N-methyl/N-ethyl adjacent to an activating group) is 1. The van der Waals surface area contributed by atoms with Crippen LogP contribution in [-0.4, -0.2) is 191 Å². The van der Waals surface area contributed by atoms with Crippen molar-refractivity contribution in [2.45, 2.75) is 156 Å². The standard InChI is InChI=1S/C66H75Cl2N9O24/c1-23(2)12-34(71-5)58(88)76-49-51(83)26-7-10-38(32(67)14-26)97-40-16-28-17-41(55(40)101-65-56(54(86)53(85)42(22-78)99-65)100-44-21-66(4,70)57(87)24(3)96-44)98-39-11-8-27(15-33(39)68)52(84)50-63(93)75-48(64(94)95)31-18-29(79)19-37(81)45(31)30-13-25(6-9-36(30)80)46(60(90)77-50)74-61(91)47(28)73-59(89)35(20-43(69)82)72-62(49)92/h6-11,13-19,23-24,34-35,42,44,46-54,56-57,65,71,78-81,83-87H,12,20-22,70H2,1-5H3,(H2,69,82)(H,72,92)(H,73,89)(H,74,91)(H,75,93)(H,76,88)(H,77,90)(H,94,95)/t24-,34+,35-,42+,44-,46?,47?,48-,49+,50?,51+,52+,53+,54-,56+,57+,65-,66-/m0/s1. The molecule has 7 amide bonds. The van der Waals surface area contributed by atoms with Gasteiger partial charge in [0.05, 0.1) is 41.3 Å². The van der Waals surface area contributed by atoms with Crippen LogP contribution in [0.1, 0.15) is 105 Å². The molecule has 18 atom stereocenters. The van der Waals surface area contributed by atoms with Crippen LogP contribution in [0.3, 0.4) is 0 Å². The molecule has 0 aromatic heterocycles. The fourth-order valence-corrected chi connectivity index (χ4v) is 12.9.